The fourth-order valence-corrected chi connectivity index (χ4v) is 4.30. The Labute approximate surface area is 190 Å². The number of aromatic amines is 1. The number of nitrogens with zero attached hydrogens (tertiary/aromatic N) is 1. The van der Waals surface area contributed by atoms with E-state index in [2.05, 4.69) is 35.3 Å². The van der Waals surface area contributed by atoms with Crippen molar-refractivity contribution in [1.82, 2.24) is 10.2 Å². The van der Waals surface area contributed by atoms with Crippen LogP contribution in [-0.2, 0) is 4.79 Å². The van der Waals surface area contributed by atoms with Crippen LogP contribution in [0.25, 0.3) is 39.1 Å². The molecule has 0 aliphatic carbocycles. The van der Waals surface area contributed by atoms with Crippen molar-refractivity contribution < 1.29 is 14.3 Å². The molecular weight excluding hydrogens is 412 g/mol. The van der Waals surface area contributed by atoms with Gasteiger partial charge in [-0.1, -0.05) is 49.4 Å². The molecule has 2 heterocycles. The van der Waals surface area contributed by atoms with E-state index in [1.807, 2.05) is 54.7 Å². The van der Waals surface area contributed by atoms with E-state index in [4.69, 9.17) is 9.52 Å². The van der Waals surface area contributed by atoms with E-state index in [0.717, 1.165) is 62.2 Å². The summed E-state index contributed by atoms with van der Waals surface area (Å²) in [6.07, 6.45) is 7.13. The van der Waals surface area contributed by atoms with Gasteiger partial charge in [0.25, 0.3) is 0 Å². The van der Waals surface area contributed by atoms with Crippen molar-refractivity contribution in [2.45, 2.75) is 13.3 Å². The number of carboxylic acids is 1. The van der Waals surface area contributed by atoms with Crippen molar-refractivity contribution in [3.05, 3.63) is 108 Å². The first-order chi connectivity index (χ1) is 16.1. The third-order valence-corrected chi connectivity index (χ3v) is 5.82. The second-order valence-corrected chi connectivity index (χ2v) is 7.81. The van der Waals surface area contributed by atoms with Crippen LogP contribution in [0, 0.1) is 0 Å². The van der Waals surface area contributed by atoms with Crippen LogP contribution in [-0.4, -0.2) is 21.3 Å². The minimum atomic E-state index is -0.963. The Morgan fingerprint density at radius 1 is 1.06 bits per heavy atom. The highest BCUT2D eigenvalue weighted by atomic mass is 16.4. The van der Waals surface area contributed by atoms with Gasteiger partial charge in [0.15, 0.2) is 0 Å². The molecule has 0 aliphatic rings. The molecule has 5 rings (SSSR count). The first kappa shape index (κ1) is 20.5. The highest BCUT2D eigenvalue weighted by Crippen LogP contribution is 2.38. The van der Waals surface area contributed by atoms with E-state index in [1.165, 1.54) is 5.57 Å². The molecule has 0 radical (unpaired) electrons. The van der Waals surface area contributed by atoms with Gasteiger partial charge in [-0.15, -0.1) is 0 Å². The largest absolute Gasteiger partial charge is 0.478 e. The molecule has 5 aromatic rings. The van der Waals surface area contributed by atoms with Gasteiger partial charge in [0.1, 0.15) is 5.58 Å². The molecule has 33 heavy (non-hydrogen) atoms. The van der Waals surface area contributed by atoms with E-state index in [9.17, 15) is 4.79 Å². The number of aromatic nitrogens is 2. The van der Waals surface area contributed by atoms with Gasteiger partial charge in [-0.05, 0) is 70.2 Å². The topological polar surface area (TPSA) is 79.1 Å². The summed E-state index contributed by atoms with van der Waals surface area (Å²) < 4.78 is 5.66. The van der Waals surface area contributed by atoms with Crippen molar-refractivity contribution in [3.63, 3.8) is 0 Å². The zero-order valence-electron chi connectivity index (χ0n) is 18.1. The first-order valence-electron chi connectivity index (χ1n) is 10.8. The fraction of sp³-hybridized carbons (Fsp3) is 0.0714. The lowest BCUT2D eigenvalue weighted by Crippen LogP contribution is -1.96. The maximum absolute atomic E-state index is 10.9. The Morgan fingerprint density at radius 2 is 1.88 bits per heavy atom. The van der Waals surface area contributed by atoms with Crippen molar-refractivity contribution in [2.24, 2.45) is 0 Å². The van der Waals surface area contributed by atoms with Crippen LogP contribution >= 0.6 is 0 Å². The highest BCUT2D eigenvalue weighted by Gasteiger charge is 2.16. The van der Waals surface area contributed by atoms with Crippen molar-refractivity contribution in [3.8, 4) is 0 Å². The fourth-order valence-electron chi connectivity index (χ4n) is 4.30. The van der Waals surface area contributed by atoms with E-state index >= 15 is 0 Å². The minimum Gasteiger partial charge on any atom is -0.478 e. The standard InChI is InChI=1S/C28H22N2O3/c1-2-22(23-4-3-5-26-24(23)14-15-33-26)28(20-11-12-25-21(16-20)17-29-30-25)19-9-6-18(7-10-19)8-13-27(31)32/h3-17H,2H2,1H3,(H,29,30)(H,31,32)/b13-8+,28-22?. The number of hydrogen-bond donors (Lipinski definition) is 2. The van der Waals surface area contributed by atoms with Crippen LogP contribution in [0.4, 0.5) is 0 Å². The van der Waals surface area contributed by atoms with Crippen LogP contribution in [0.3, 0.4) is 0 Å². The first-order valence-corrected chi connectivity index (χ1v) is 10.8. The molecular formula is C28H22N2O3. The number of fused-ring (bicyclic) bond motifs is 2. The van der Waals surface area contributed by atoms with Crippen LogP contribution in [0.1, 0.15) is 35.6 Å². The Balaban J connectivity index is 1.74. The van der Waals surface area contributed by atoms with Crippen LogP contribution in [0.15, 0.2) is 89.7 Å². The molecule has 0 atom stereocenters. The number of carboxylic acid groups (broad SMARTS) is 1. The number of aliphatic carboxylic acids is 1. The molecule has 0 bridgehead atoms. The average molecular weight is 434 g/mol. The maximum Gasteiger partial charge on any atom is 0.328 e. The summed E-state index contributed by atoms with van der Waals surface area (Å²) in [5.41, 5.74) is 8.31. The molecule has 3 aromatic carbocycles. The summed E-state index contributed by atoms with van der Waals surface area (Å²) in [5, 5.41) is 18.2. The Kier molecular flexibility index (Phi) is 5.37. The minimum absolute atomic E-state index is 0.823. The summed E-state index contributed by atoms with van der Waals surface area (Å²) in [5.74, 6) is -0.963. The van der Waals surface area contributed by atoms with Crippen molar-refractivity contribution >= 4 is 45.1 Å². The summed E-state index contributed by atoms with van der Waals surface area (Å²) in [6, 6.07) is 22.4. The van der Waals surface area contributed by atoms with E-state index in [1.54, 1.807) is 12.3 Å². The summed E-state index contributed by atoms with van der Waals surface area (Å²) in [6.45, 7) is 2.16. The molecule has 0 saturated heterocycles. The zero-order chi connectivity index (χ0) is 22.8. The lowest BCUT2D eigenvalue weighted by atomic mass is 9.86. The average Bonchev–Trinajstić information content (AvgIpc) is 3.50. The Hall–Kier alpha value is -4.38. The molecule has 5 heteroatoms. The molecule has 0 spiro atoms. The third kappa shape index (κ3) is 3.96. The van der Waals surface area contributed by atoms with Crippen molar-refractivity contribution in [1.29, 1.82) is 0 Å². The van der Waals surface area contributed by atoms with Gasteiger partial charge in [-0.3, -0.25) is 5.10 Å². The number of nitrogens with one attached hydrogen (secondary N) is 1. The molecule has 0 amide bonds. The summed E-state index contributed by atoms with van der Waals surface area (Å²) in [7, 11) is 0. The van der Waals surface area contributed by atoms with E-state index in [-0.39, 0.29) is 0 Å². The number of furan rings is 1. The summed E-state index contributed by atoms with van der Waals surface area (Å²) >= 11 is 0. The maximum atomic E-state index is 10.9. The zero-order valence-corrected chi connectivity index (χ0v) is 18.1. The van der Waals surface area contributed by atoms with E-state index in [0.29, 0.717) is 0 Å². The molecule has 0 aliphatic heterocycles. The summed E-state index contributed by atoms with van der Waals surface area (Å²) in [4.78, 5) is 10.9. The van der Waals surface area contributed by atoms with Crippen LogP contribution in [0.5, 0.6) is 0 Å². The molecule has 0 saturated carbocycles. The number of carbonyl (C=O) groups is 1. The van der Waals surface area contributed by atoms with Crippen molar-refractivity contribution in [2.75, 3.05) is 0 Å². The van der Waals surface area contributed by atoms with Gasteiger partial charge in [0.05, 0.1) is 18.0 Å². The second kappa shape index (κ2) is 8.63. The van der Waals surface area contributed by atoms with Gasteiger partial charge in [-0.2, -0.15) is 5.10 Å². The SMILES string of the molecule is CCC(=C(c1ccc(/C=C/C(=O)O)cc1)c1ccc2[nH]ncc2c1)c1cccc2occc12. The lowest BCUT2D eigenvalue weighted by molar-refractivity contribution is -0.131. The van der Waals surface area contributed by atoms with Gasteiger partial charge in [0, 0.05) is 16.8 Å². The predicted octanol–water partition coefficient (Wildman–Crippen LogP) is 6.78. The Bertz CT molecular complexity index is 1520. The van der Waals surface area contributed by atoms with Crippen LogP contribution < -0.4 is 0 Å². The number of allylic oxidation sites excluding steroid dienone is 1. The second-order valence-electron chi connectivity index (χ2n) is 7.81. The lowest BCUT2D eigenvalue weighted by Gasteiger charge is -2.17. The predicted molar refractivity (Wildman–Crippen MR) is 132 cm³/mol. The Morgan fingerprint density at radius 3 is 2.67 bits per heavy atom. The van der Waals surface area contributed by atoms with Gasteiger partial charge in [0.2, 0.25) is 0 Å². The van der Waals surface area contributed by atoms with E-state index < -0.39 is 5.97 Å². The van der Waals surface area contributed by atoms with Crippen LogP contribution in [0.2, 0.25) is 0 Å². The number of H-pyrrole nitrogens is 1. The normalized spacial score (nSPS) is 12.5. The number of hydrogen-bond acceptors (Lipinski definition) is 3. The van der Waals surface area contributed by atoms with Gasteiger partial charge in [-0.25, -0.2) is 4.79 Å². The van der Waals surface area contributed by atoms with Gasteiger partial charge < -0.3 is 9.52 Å². The molecule has 0 fully saturated rings. The molecule has 162 valence electrons. The molecule has 0 unspecified atom stereocenters. The number of benzene rings is 3. The molecule has 2 aromatic heterocycles. The monoisotopic (exact) mass is 434 g/mol. The van der Waals surface area contributed by atoms with Gasteiger partial charge >= 0.3 is 5.97 Å². The quantitative estimate of drug-likeness (QED) is 0.228. The molecule has 2 N–H and O–H groups in total. The highest BCUT2D eigenvalue weighted by molar-refractivity contribution is 6.05. The smallest absolute Gasteiger partial charge is 0.328 e. The molecule has 5 nitrogen and oxygen atoms in total. The number of rotatable bonds is 6. The third-order valence-electron chi connectivity index (χ3n) is 5.82.